The van der Waals surface area contributed by atoms with Crippen LogP contribution in [0.25, 0.3) is 10.8 Å². The molecule has 4 heteroatoms. The van der Waals surface area contributed by atoms with Crippen LogP contribution >= 0.6 is 0 Å². The number of carbonyl (C=O) groups is 1. The van der Waals surface area contributed by atoms with Gasteiger partial charge in [0.2, 0.25) is 0 Å². The number of hydrogen-bond donors (Lipinski definition) is 2. The minimum Gasteiger partial charge on any atom is -0.351 e. The summed E-state index contributed by atoms with van der Waals surface area (Å²) < 4.78 is 0. The van der Waals surface area contributed by atoms with Crippen molar-refractivity contribution in [3.63, 3.8) is 0 Å². The summed E-state index contributed by atoms with van der Waals surface area (Å²) in [5, 5.41) is 4.83. The summed E-state index contributed by atoms with van der Waals surface area (Å²) in [6, 6.07) is 9.69. The summed E-state index contributed by atoms with van der Waals surface area (Å²) in [5.74, 6) is -0.107. The molecule has 1 aromatic carbocycles. The van der Waals surface area contributed by atoms with Crippen molar-refractivity contribution >= 4 is 16.7 Å². The number of rotatable bonds is 6. The van der Waals surface area contributed by atoms with E-state index in [4.69, 9.17) is 5.73 Å². The predicted octanol–water partition coefficient (Wildman–Crippen LogP) is 2.09. The molecule has 1 aromatic heterocycles. The Bertz CT molecular complexity index is 549. The first-order valence-electron chi connectivity index (χ1n) is 6.65. The number of carbonyl (C=O) groups excluding carboxylic acids is 1. The van der Waals surface area contributed by atoms with Gasteiger partial charge in [-0.05, 0) is 30.8 Å². The van der Waals surface area contributed by atoms with Gasteiger partial charge in [0.15, 0.2) is 0 Å². The highest BCUT2D eigenvalue weighted by molar-refractivity contribution is 6.05. The molecule has 4 nitrogen and oxygen atoms in total. The fourth-order valence-electron chi connectivity index (χ4n) is 2.03. The van der Waals surface area contributed by atoms with Gasteiger partial charge in [0, 0.05) is 18.1 Å². The number of nitrogens with two attached hydrogens (primary N) is 1. The van der Waals surface area contributed by atoms with Crippen LogP contribution in [0.3, 0.4) is 0 Å². The zero-order chi connectivity index (χ0) is 13.5. The molecular formula is C15H19N3O. The third-order valence-corrected chi connectivity index (χ3v) is 3.06. The first kappa shape index (κ1) is 13.5. The molecule has 0 spiro atoms. The van der Waals surface area contributed by atoms with Gasteiger partial charge in [-0.15, -0.1) is 0 Å². The SMILES string of the molecule is NCCCCCNC(=O)c1nccc2ccccc12. The molecule has 0 fully saturated rings. The lowest BCUT2D eigenvalue weighted by atomic mass is 10.1. The number of amides is 1. The van der Waals surface area contributed by atoms with Crippen molar-refractivity contribution in [2.45, 2.75) is 19.3 Å². The summed E-state index contributed by atoms with van der Waals surface area (Å²) >= 11 is 0. The lowest BCUT2D eigenvalue weighted by molar-refractivity contribution is 0.0950. The van der Waals surface area contributed by atoms with Gasteiger partial charge in [-0.2, -0.15) is 0 Å². The Morgan fingerprint density at radius 3 is 2.84 bits per heavy atom. The van der Waals surface area contributed by atoms with E-state index in [2.05, 4.69) is 10.3 Å². The van der Waals surface area contributed by atoms with E-state index >= 15 is 0 Å². The second-order valence-corrected chi connectivity index (χ2v) is 4.49. The van der Waals surface area contributed by atoms with Crippen LogP contribution in [0.15, 0.2) is 36.5 Å². The Labute approximate surface area is 113 Å². The molecule has 0 saturated carbocycles. The van der Waals surface area contributed by atoms with Crippen molar-refractivity contribution in [3.8, 4) is 0 Å². The second kappa shape index (κ2) is 6.85. The van der Waals surface area contributed by atoms with Crippen molar-refractivity contribution < 1.29 is 4.79 Å². The zero-order valence-electron chi connectivity index (χ0n) is 10.9. The monoisotopic (exact) mass is 257 g/mol. The van der Waals surface area contributed by atoms with Gasteiger partial charge in [-0.25, -0.2) is 0 Å². The molecule has 19 heavy (non-hydrogen) atoms. The van der Waals surface area contributed by atoms with Crippen LogP contribution in [0.4, 0.5) is 0 Å². The third-order valence-electron chi connectivity index (χ3n) is 3.06. The number of aromatic nitrogens is 1. The van der Waals surface area contributed by atoms with E-state index in [1.807, 2.05) is 30.3 Å². The molecule has 3 N–H and O–H groups in total. The number of fused-ring (bicyclic) bond motifs is 1. The number of benzene rings is 1. The van der Waals surface area contributed by atoms with Crippen LogP contribution in [0, 0.1) is 0 Å². The first-order valence-corrected chi connectivity index (χ1v) is 6.65. The number of hydrogen-bond acceptors (Lipinski definition) is 3. The number of unbranched alkanes of at least 4 members (excludes halogenated alkanes) is 2. The molecule has 1 amide bonds. The minimum atomic E-state index is -0.107. The highest BCUT2D eigenvalue weighted by atomic mass is 16.1. The number of nitrogens with zero attached hydrogens (tertiary/aromatic N) is 1. The minimum absolute atomic E-state index is 0.107. The van der Waals surface area contributed by atoms with Crippen LogP contribution in [-0.2, 0) is 0 Å². The second-order valence-electron chi connectivity index (χ2n) is 4.49. The summed E-state index contributed by atoms with van der Waals surface area (Å²) in [7, 11) is 0. The number of pyridine rings is 1. The predicted molar refractivity (Wildman–Crippen MR) is 77.0 cm³/mol. The maximum Gasteiger partial charge on any atom is 0.270 e. The molecule has 1 heterocycles. The topological polar surface area (TPSA) is 68.0 Å². The van der Waals surface area contributed by atoms with E-state index in [0.29, 0.717) is 18.8 Å². The Balaban J connectivity index is 2.01. The van der Waals surface area contributed by atoms with E-state index in [9.17, 15) is 4.79 Å². The van der Waals surface area contributed by atoms with Crippen molar-refractivity contribution in [3.05, 3.63) is 42.2 Å². The lowest BCUT2D eigenvalue weighted by Gasteiger charge is -2.07. The molecule has 2 rings (SSSR count). The average molecular weight is 257 g/mol. The lowest BCUT2D eigenvalue weighted by Crippen LogP contribution is -2.25. The fourth-order valence-corrected chi connectivity index (χ4v) is 2.03. The molecule has 0 atom stereocenters. The van der Waals surface area contributed by atoms with Crippen molar-refractivity contribution in [2.75, 3.05) is 13.1 Å². The van der Waals surface area contributed by atoms with Crippen molar-refractivity contribution in [2.24, 2.45) is 5.73 Å². The van der Waals surface area contributed by atoms with Gasteiger partial charge in [-0.1, -0.05) is 30.7 Å². The molecule has 0 aliphatic heterocycles. The Morgan fingerprint density at radius 2 is 2.00 bits per heavy atom. The van der Waals surface area contributed by atoms with Crippen molar-refractivity contribution in [1.82, 2.24) is 10.3 Å². The first-order chi connectivity index (χ1) is 9.33. The smallest absolute Gasteiger partial charge is 0.270 e. The molecule has 0 bridgehead atoms. The summed E-state index contributed by atoms with van der Waals surface area (Å²) in [6.45, 7) is 1.38. The average Bonchev–Trinajstić information content (AvgIpc) is 2.46. The van der Waals surface area contributed by atoms with Gasteiger partial charge >= 0.3 is 0 Å². The van der Waals surface area contributed by atoms with Crippen LogP contribution in [0.5, 0.6) is 0 Å². The highest BCUT2D eigenvalue weighted by Crippen LogP contribution is 2.15. The maximum absolute atomic E-state index is 12.1. The fraction of sp³-hybridized carbons (Fsp3) is 0.333. The van der Waals surface area contributed by atoms with Crippen LogP contribution in [-0.4, -0.2) is 24.0 Å². The molecular weight excluding hydrogens is 238 g/mol. The van der Waals surface area contributed by atoms with Gasteiger partial charge < -0.3 is 11.1 Å². The third kappa shape index (κ3) is 3.51. The van der Waals surface area contributed by atoms with E-state index in [0.717, 1.165) is 30.0 Å². The Kier molecular flexibility index (Phi) is 4.86. The normalized spacial score (nSPS) is 10.6. The summed E-state index contributed by atoms with van der Waals surface area (Å²) in [5.41, 5.74) is 5.92. The molecule has 0 radical (unpaired) electrons. The molecule has 0 aliphatic rings. The van der Waals surface area contributed by atoms with Crippen LogP contribution < -0.4 is 11.1 Å². The Hall–Kier alpha value is -1.94. The Morgan fingerprint density at radius 1 is 1.16 bits per heavy atom. The summed E-state index contributed by atoms with van der Waals surface area (Å²) in [6.07, 6.45) is 4.67. The van der Waals surface area contributed by atoms with Gasteiger partial charge in [0.05, 0.1) is 0 Å². The van der Waals surface area contributed by atoms with E-state index < -0.39 is 0 Å². The number of nitrogens with one attached hydrogen (secondary N) is 1. The van der Waals surface area contributed by atoms with Crippen LogP contribution in [0.2, 0.25) is 0 Å². The maximum atomic E-state index is 12.1. The van der Waals surface area contributed by atoms with Gasteiger partial charge in [-0.3, -0.25) is 9.78 Å². The molecule has 0 aliphatic carbocycles. The highest BCUT2D eigenvalue weighted by Gasteiger charge is 2.10. The largest absolute Gasteiger partial charge is 0.351 e. The van der Waals surface area contributed by atoms with Crippen molar-refractivity contribution in [1.29, 1.82) is 0 Å². The van der Waals surface area contributed by atoms with Crippen LogP contribution in [0.1, 0.15) is 29.8 Å². The van der Waals surface area contributed by atoms with E-state index in [1.54, 1.807) is 6.20 Å². The molecule has 100 valence electrons. The van der Waals surface area contributed by atoms with E-state index in [1.165, 1.54) is 0 Å². The molecule has 0 unspecified atom stereocenters. The van der Waals surface area contributed by atoms with Gasteiger partial charge in [0.25, 0.3) is 5.91 Å². The van der Waals surface area contributed by atoms with E-state index in [-0.39, 0.29) is 5.91 Å². The quantitative estimate of drug-likeness (QED) is 0.779. The molecule has 0 saturated heterocycles. The summed E-state index contributed by atoms with van der Waals surface area (Å²) in [4.78, 5) is 16.3. The molecule has 2 aromatic rings. The zero-order valence-corrected chi connectivity index (χ0v) is 10.9. The van der Waals surface area contributed by atoms with Gasteiger partial charge in [0.1, 0.15) is 5.69 Å². The standard InChI is InChI=1S/C15H19N3O/c16-9-4-1-5-10-18-15(19)14-13-7-3-2-6-12(13)8-11-17-14/h2-3,6-8,11H,1,4-5,9-10,16H2,(H,18,19).